The summed E-state index contributed by atoms with van der Waals surface area (Å²) in [6.07, 6.45) is 0. The van der Waals surface area contributed by atoms with Crippen LogP contribution in [-0.2, 0) is 0 Å². The summed E-state index contributed by atoms with van der Waals surface area (Å²) in [5, 5.41) is 6.24. The first kappa shape index (κ1) is 31.5. The van der Waals surface area contributed by atoms with E-state index in [0.717, 1.165) is 88.1 Å². The average molecular weight is 731 g/mol. The van der Waals surface area contributed by atoms with E-state index in [1.165, 1.54) is 11.1 Å². The molecule has 0 atom stereocenters. The predicted molar refractivity (Wildman–Crippen MR) is 230 cm³/mol. The first-order valence-corrected chi connectivity index (χ1v) is 19.0. The minimum Gasteiger partial charge on any atom is -0.456 e. The molecular weight excluding hydrogens is 701 g/mol. The quantitative estimate of drug-likeness (QED) is 0.176. The molecule has 4 heterocycles. The molecule has 6 nitrogen and oxygen atoms in total. The molecule has 6 heteroatoms. The Hall–Kier alpha value is -7.83. The number of para-hydroxylation sites is 3. The van der Waals surface area contributed by atoms with Gasteiger partial charge in [-0.1, -0.05) is 121 Å². The van der Waals surface area contributed by atoms with Crippen molar-refractivity contribution in [3.63, 3.8) is 0 Å². The lowest BCUT2D eigenvalue weighted by Crippen LogP contribution is -2.01. The van der Waals surface area contributed by atoms with Gasteiger partial charge in [0, 0.05) is 54.7 Å². The van der Waals surface area contributed by atoms with Crippen molar-refractivity contribution in [1.82, 2.24) is 19.5 Å². The van der Waals surface area contributed by atoms with Crippen LogP contribution in [0.2, 0.25) is 0 Å². The van der Waals surface area contributed by atoms with Gasteiger partial charge in [-0.25, -0.2) is 15.0 Å². The van der Waals surface area contributed by atoms with Gasteiger partial charge in [-0.15, -0.1) is 0 Å². The van der Waals surface area contributed by atoms with Crippen LogP contribution in [0.15, 0.2) is 191 Å². The Morgan fingerprint density at radius 1 is 0.333 bits per heavy atom. The van der Waals surface area contributed by atoms with Gasteiger partial charge in [0.2, 0.25) is 0 Å². The molecule has 12 aromatic rings. The average Bonchev–Trinajstić information content (AvgIpc) is 3.96. The topological polar surface area (TPSA) is 69.9 Å². The predicted octanol–water partition coefficient (Wildman–Crippen LogP) is 13.4. The highest BCUT2D eigenvalue weighted by molar-refractivity contribution is 6.16. The summed E-state index contributed by atoms with van der Waals surface area (Å²) in [7, 11) is 0. The van der Waals surface area contributed by atoms with Crippen molar-refractivity contribution < 1.29 is 8.83 Å². The summed E-state index contributed by atoms with van der Waals surface area (Å²) in [5.41, 5.74) is 11.6. The van der Waals surface area contributed by atoms with Crippen LogP contribution in [0, 0.1) is 0 Å². The molecule has 0 aliphatic rings. The summed E-state index contributed by atoms with van der Waals surface area (Å²) in [6, 6.07) is 62.7. The van der Waals surface area contributed by atoms with Crippen LogP contribution in [0.1, 0.15) is 0 Å². The van der Waals surface area contributed by atoms with E-state index >= 15 is 0 Å². The first-order valence-electron chi connectivity index (χ1n) is 19.0. The first-order chi connectivity index (χ1) is 28.2. The normalized spacial score (nSPS) is 11.9. The summed E-state index contributed by atoms with van der Waals surface area (Å²) in [5.74, 6) is 1.73. The Kier molecular flexibility index (Phi) is 6.83. The van der Waals surface area contributed by atoms with Gasteiger partial charge < -0.3 is 13.4 Å². The van der Waals surface area contributed by atoms with Crippen LogP contribution in [0.3, 0.4) is 0 Å². The molecule has 0 saturated carbocycles. The fraction of sp³-hybridized carbons (Fsp3) is 0. The second kappa shape index (κ2) is 12.3. The van der Waals surface area contributed by atoms with Crippen molar-refractivity contribution in [3.05, 3.63) is 182 Å². The van der Waals surface area contributed by atoms with Crippen LogP contribution in [-0.4, -0.2) is 19.5 Å². The minimum atomic E-state index is 0.571. The Balaban J connectivity index is 1.11. The summed E-state index contributed by atoms with van der Waals surface area (Å²) in [4.78, 5) is 15.9. The molecule has 4 aromatic heterocycles. The molecular formula is C51H30N4O2. The third-order valence-corrected chi connectivity index (χ3v) is 11.1. The highest BCUT2D eigenvalue weighted by atomic mass is 16.3. The standard InChI is InChI=1S/C51H30N4O2/c1-2-12-31(13-3-1)32-24-27-34(28-25-32)55-41-19-7-4-15-36(41)47-38(17-10-20-42(47)55)50-52-49(33-26-29-45-40(30-33)35-14-5-8-21-43(35)56-45)53-51(54-50)39-18-11-23-46-48(39)37-16-6-9-22-44(37)57-46/h1-30H. The van der Waals surface area contributed by atoms with E-state index in [-0.39, 0.29) is 0 Å². The van der Waals surface area contributed by atoms with Gasteiger partial charge in [-0.2, -0.15) is 0 Å². The second-order valence-corrected chi connectivity index (χ2v) is 14.4. The fourth-order valence-electron chi connectivity index (χ4n) is 8.49. The van der Waals surface area contributed by atoms with Crippen molar-refractivity contribution >= 4 is 65.7 Å². The molecule has 0 aliphatic heterocycles. The number of benzene rings is 8. The second-order valence-electron chi connectivity index (χ2n) is 14.4. The van der Waals surface area contributed by atoms with Crippen molar-refractivity contribution in [3.8, 4) is 51.0 Å². The van der Waals surface area contributed by atoms with E-state index < -0.39 is 0 Å². The van der Waals surface area contributed by atoms with Crippen molar-refractivity contribution in [2.75, 3.05) is 0 Å². The zero-order valence-electron chi connectivity index (χ0n) is 30.4. The molecule has 0 aliphatic carbocycles. The zero-order valence-corrected chi connectivity index (χ0v) is 30.4. The van der Waals surface area contributed by atoms with E-state index in [4.69, 9.17) is 23.8 Å². The fourth-order valence-corrected chi connectivity index (χ4v) is 8.49. The molecule has 266 valence electrons. The van der Waals surface area contributed by atoms with E-state index in [0.29, 0.717) is 17.5 Å². The SMILES string of the molecule is c1ccc(-c2ccc(-n3c4ccccc4c4c(-c5nc(-c6ccc7oc8ccccc8c7c6)nc(-c6cccc7oc8ccccc8c67)n5)cccc43)cc2)cc1. The number of hydrogen-bond donors (Lipinski definition) is 0. The van der Waals surface area contributed by atoms with E-state index in [2.05, 4.69) is 120 Å². The number of nitrogens with zero attached hydrogens (tertiary/aromatic N) is 4. The van der Waals surface area contributed by atoms with Crippen LogP contribution in [0.25, 0.3) is 117 Å². The van der Waals surface area contributed by atoms with Crippen molar-refractivity contribution in [2.45, 2.75) is 0 Å². The Morgan fingerprint density at radius 3 is 1.68 bits per heavy atom. The van der Waals surface area contributed by atoms with Gasteiger partial charge in [0.15, 0.2) is 17.5 Å². The zero-order chi connectivity index (χ0) is 37.5. The Morgan fingerprint density at radius 2 is 0.877 bits per heavy atom. The molecule has 8 aromatic carbocycles. The van der Waals surface area contributed by atoms with Gasteiger partial charge in [0.05, 0.1) is 11.0 Å². The van der Waals surface area contributed by atoms with Crippen molar-refractivity contribution in [1.29, 1.82) is 0 Å². The molecule has 0 unspecified atom stereocenters. The van der Waals surface area contributed by atoms with Gasteiger partial charge in [-0.05, 0) is 71.8 Å². The third-order valence-electron chi connectivity index (χ3n) is 11.1. The number of rotatable bonds is 5. The number of fused-ring (bicyclic) bond motifs is 9. The molecule has 0 bridgehead atoms. The Bertz CT molecular complexity index is 3520. The maximum absolute atomic E-state index is 6.32. The molecule has 0 fully saturated rings. The van der Waals surface area contributed by atoms with E-state index in [1.807, 2.05) is 66.7 Å². The summed E-state index contributed by atoms with van der Waals surface area (Å²) < 4.78 is 14.9. The minimum absolute atomic E-state index is 0.571. The molecule has 12 rings (SSSR count). The molecule has 57 heavy (non-hydrogen) atoms. The highest BCUT2D eigenvalue weighted by Gasteiger charge is 2.22. The number of hydrogen-bond acceptors (Lipinski definition) is 5. The lowest BCUT2D eigenvalue weighted by atomic mass is 10.0. The number of furan rings is 2. The van der Waals surface area contributed by atoms with Gasteiger partial charge in [-0.3, -0.25) is 0 Å². The summed E-state index contributed by atoms with van der Waals surface area (Å²) in [6.45, 7) is 0. The van der Waals surface area contributed by atoms with Gasteiger partial charge in [0.25, 0.3) is 0 Å². The monoisotopic (exact) mass is 730 g/mol. The van der Waals surface area contributed by atoms with E-state index in [1.54, 1.807) is 0 Å². The molecule has 0 radical (unpaired) electrons. The van der Waals surface area contributed by atoms with Crippen LogP contribution in [0.5, 0.6) is 0 Å². The maximum Gasteiger partial charge on any atom is 0.164 e. The smallest absolute Gasteiger partial charge is 0.164 e. The lowest BCUT2D eigenvalue weighted by Gasteiger charge is -2.11. The van der Waals surface area contributed by atoms with Crippen LogP contribution in [0.4, 0.5) is 0 Å². The van der Waals surface area contributed by atoms with Gasteiger partial charge >= 0.3 is 0 Å². The van der Waals surface area contributed by atoms with Crippen LogP contribution >= 0.6 is 0 Å². The van der Waals surface area contributed by atoms with Crippen molar-refractivity contribution in [2.24, 2.45) is 0 Å². The Labute approximate surface area is 325 Å². The summed E-state index contributed by atoms with van der Waals surface area (Å²) >= 11 is 0. The highest BCUT2D eigenvalue weighted by Crippen LogP contribution is 2.41. The maximum atomic E-state index is 6.32. The molecule has 0 amide bonds. The largest absolute Gasteiger partial charge is 0.456 e. The molecule has 0 saturated heterocycles. The lowest BCUT2D eigenvalue weighted by molar-refractivity contribution is 0.668. The molecule has 0 N–H and O–H groups in total. The van der Waals surface area contributed by atoms with Gasteiger partial charge in [0.1, 0.15) is 22.3 Å². The van der Waals surface area contributed by atoms with E-state index in [9.17, 15) is 0 Å². The van der Waals surface area contributed by atoms with Crippen LogP contribution < -0.4 is 0 Å². The third kappa shape index (κ3) is 4.94. The number of aromatic nitrogens is 4. The molecule has 0 spiro atoms.